The number of hydrogen-bond acceptors (Lipinski definition) is 13. The third kappa shape index (κ3) is 21.0. The van der Waals surface area contributed by atoms with Crippen LogP contribution in [0.1, 0.15) is 184 Å². The average molecular weight is 1490 g/mol. The number of amides is 12. The van der Waals surface area contributed by atoms with Crippen molar-refractivity contribution in [3.05, 3.63) is 12.2 Å². The van der Waals surface area contributed by atoms with Crippen molar-refractivity contribution in [2.75, 3.05) is 89.7 Å². The Balaban J connectivity index is 1.48. The van der Waals surface area contributed by atoms with E-state index >= 15 is 28.8 Å². The summed E-state index contributed by atoms with van der Waals surface area (Å²) in [4.78, 5) is 192. The predicted molar refractivity (Wildman–Crippen MR) is 383 cm³/mol. The van der Waals surface area contributed by atoms with E-state index in [1.54, 1.807) is 39.8 Å². The van der Waals surface area contributed by atoms with Crippen molar-refractivity contribution in [1.29, 1.82) is 0 Å². The fourth-order valence-corrected chi connectivity index (χ4v) is 17.1. The average Bonchev–Trinajstić information content (AvgIpc) is 1.12. The summed E-state index contributed by atoms with van der Waals surface area (Å²) < 4.78 is 77.8. The van der Waals surface area contributed by atoms with Gasteiger partial charge in [-0.2, -0.15) is 13.2 Å². The summed E-state index contributed by atoms with van der Waals surface area (Å²) in [6.45, 7) is 14.8. The maximum absolute atomic E-state index is 15.7. The van der Waals surface area contributed by atoms with Crippen molar-refractivity contribution in [1.82, 2.24) is 60.0 Å². The summed E-state index contributed by atoms with van der Waals surface area (Å²) in [6.07, 6.45) is -2.61. The van der Waals surface area contributed by atoms with E-state index in [2.05, 4.69) is 16.0 Å². The van der Waals surface area contributed by atoms with Gasteiger partial charge in [-0.3, -0.25) is 57.5 Å². The Labute approximate surface area is 617 Å². The van der Waals surface area contributed by atoms with Crippen LogP contribution in [-0.2, 0) is 62.3 Å². The molecule has 2 saturated heterocycles. The van der Waals surface area contributed by atoms with Gasteiger partial charge in [-0.1, -0.05) is 93.7 Å². The lowest BCUT2D eigenvalue weighted by molar-refractivity contribution is -0.215. The lowest BCUT2D eigenvalue weighted by Crippen LogP contribution is -2.71. The van der Waals surface area contributed by atoms with Gasteiger partial charge in [0.1, 0.15) is 53.9 Å². The molecule has 3 aliphatic heterocycles. The van der Waals surface area contributed by atoms with Crippen LogP contribution in [0.5, 0.6) is 0 Å². The number of fused-ring (bicyclic) bond motifs is 3. The first kappa shape index (κ1) is 86.9. The van der Waals surface area contributed by atoms with E-state index in [0.717, 1.165) is 24.5 Å². The number of carbonyl (C=O) groups excluding carboxylic acids is 12. The number of methoxy groups -OCH3 is 1. The summed E-state index contributed by atoms with van der Waals surface area (Å²) >= 11 is 0. The van der Waals surface area contributed by atoms with Crippen molar-refractivity contribution in [3.8, 4) is 0 Å². The zero-order valence-corrected chi connectivity index (χ0v) is 65.4. The number of carbonyl (C=O) groups is 12. The quantitative estimate of drug-likeness (QED) is 0.136. The first-order valence-corrected chi connectivity index (χ1v) is 37.8. The molecule has 594 valence electrons. The summed E-state index contributed by atoms with van der Waals surface area (Å²) in [5.41, 5.74) is -2.20. The first-order chi connectivity index (χ1) is 48.9. The van der Waals surface area contributed by atoms with Crippen LogP contribution >= 0.6 is 0 Å². The number of likely N-dealkylation sites (N-methyl/N-ethyl adjacent to an activating group) is 7. The van der Waals surface area contributed by atoms with Gasteiger partial charge in [-0.05, 0) is 124 Å². The summed E-state index contributed by atoms with van der Waals surface area (Å²) in [6, 6.07) is -10.7. The Bertz CT molecular complexity index is 3150. The van der Waals surface area contributed by atoms with Crippen LogP contribution in [0.3, 0.4) is 0 Å². The van der Waals surface area contributed by atoms with E-state index in [9.17, 15) is 50.7 Å². The van der Waals surface area contributed by atoms with E-state index < -0.39 is 216 Å². The second-order valence-electron chi connectivity index (χ2n) is 32.6. The molecule has 3 unspecified atom stereocenters. The van der Waals surface area contributed by atoms with E-state index in [0.29, 0.717) is 19.3 Å². The molecule has 0 radical (unpaired) electrons. The molecular formula is C75H121F5N12O13. The van der Waals surface area contributed by atoms with Gasteiger partial charge < -0.3 is 64.8 Å². The molecule has 3 aliphatic carbocycles. The molecule has 0 aromatic rings. The SMILES string of the molecule is CCC(CC)[C@H]1C(=O)N(C)[C@H](C(=O)N(C)C)CC(=O)N(C)[C@@H](C(C)C)C(=O)N[C@@H]([C@@H](C)CC)C(=O)N(C)CC(=O)N(C)[C@H]2C/C=C\CCN(C2=O)[C@@H](CC2CCC(F)(F)CC2)C(=O)N(C)CC(=O)N[C@@H](CCC2CCC(C(F)(F)F)C(OC)C2)C(=O)N2C[C@@H](C)C[C@H]2C(=O)NC2(CC(C)(C)C2)C(=O)N1C. The Hall–Kier alpha value is -7.01. The maximum atomic E-state index is 15.7. The smallest absolute Gasteiger partial charge is 0.381 e. The highest BCUT2D eigenvalue weighted by Gasteiger charge is 2.59. The summed E-state index contributed by atoms with van der Waals surface area (Å²) in [7, 11) is 12.3. The third-order valence-electron chi connectivity index (χ3n) is 23.5. The summed E-state index contributed by atoms with van der Waals surface area (Å²) in [5, 5.41) is 8.72. The molecule has 3 saturated carbocycles. The summed E-state index contributed by atoms with van der Waals surface area (Å²) in [5.74, 6) is -16.3. The molecule has 30 heteroatoms. The Morgan fingerprint density at radius 3 is 1.86 bits per heavy atom. The van der Waals surface area contributed by atoms with Crippen molar-refractivity contribution in [3.63, 3.8) is 0 Å². The molecule has 2 bridgehead atoms. The number of ether oxygens (including phenoxy) is 1. The predicted octanol–water partition coefficient (Wildman–Crippen LogP) is 6.26. The van der Waals surface area contributed by atoms with Gasteiger partial charge in [0.05, 0.1) is 31.5 Å². The highest BCUT2D eigenvalue weighted by molar-refractivity contribution is 6.01. The van der Waals surface area contributed by atoms with Crippen LogP contribution in [0.2, 0.25) is 0 Å². The highest BCUT2D eigenvalue weighted by atomic mass is 19.4. The molecule has 25 nitrogen and oxygen atoms in total. The zero-order valence-electron chi connectivity index (χ0n) is 65.4. The molecule has 0 aromatic carbocycles. The van der Waals surface area contributed by atoms with Crippen molar-refractivity contribution in [2.45, 2.75) is 256 Å². The van der Waals surface area contributed by atoms with E-state index in [-0.39, 0.29) is 102 Å². The third-order valence-corrected chi connectivity index (χ3v) is 23.5. The van der Waals surface area contributed by atoms with Gasteiger partial charge >= 0.3 is 6.18 Å². The Kier molecular flexibility index (Phi) is 30.0. The molecule has 6 rings (SSSR count). The normalized spacial score (nSPS) is 30.6. The minimum Gasteiger partial charge on any atom is -0.381 e. The lowest BCUT2D eigenvalue weighted by Gasteiger charge is -2.54. The van der Waals surface area contributed by atoms with Gasteiger partial charge in [0.25, 0.3) is 0 Å². The second-order valence-corrected chi connectivity index (χ2v) is 32.6. The van der Waals surface area contributed by atoms with Crippen LogP contribution in [0.25, 0.3) is 0 Å². The molecule has 6 aliphatic rings. The topological polar surface area (TPSA) is 279 Å². The van der Waals surface area contributed by atoms with Gasteiger partial charge in [0, 0.05) is 89.4 Å². The van der Waals surface area contributed by atoms with Crippen LogP contribution in [0.4, 0.5) is 22.0 Å². The fourth-order valence-electron chi connectivity index (χ4n) is 17.1. The van der Waals surface area contributed by atoms with Crippen LogP contribution in [0.15, 0.2) is 12.2 Å². The molecule has 0 aromatic heterocycles. The molecule has 1 spiro atoms. The van der Waals surface area contributed by atoms with Crippen molar-refractivity contribution < 1.29 is 84.2 Å². The molecule has 5 fully saturated rings. The van der Waals surface area contributed by atoms with Crippen LogP contribution in [0, 0.1) is 46.8 Å². The van der Waals surface area contributed by atoms with Gasteiger partial charge in [0.15, 0.2) is 0 Å². The maximum Gasteiger partial charge on any atom is 0.394 e. The second kappa shape index (κ2) is 36.3. The van der Waals surface area contributed by atoms with Gasteiger partial charge in [-0.15, -0.1) is 0 Å². The highest BCUT2D eigenvalue weighted by Crippen LogP contribution is 2.50. The van der Waals surface area contributed by atoms with Gasteiger partial charge in [-0.25, -0.2) is 8.78 Å². The fraction of sp³-hybridized carbons (Fsp3) is 0.813. The molecule has 105 heavy (non-hydrogen) atoms. The number of alkyl halides is 5. The van der Waals surface area contributed by atoms with Crippen molar-refractivity contribution in [2.24, 2.45) is 46.8 Å². The zero-order chi connectivity index (χ0) is 78.9. The molecule has 3 N–H and O–H groups in total. The minimum atomic E-state index is -4.54. The lowest BCUT2D eigenvalue weighted by atomic mass is 9.58. The number of nitrogens with zero attached hydrogens (tertiary/aromatic N) is 9. The molecule has 13 atom stereocenters. The van der Waals surface area contributed by atoms with Gasteiger partial charge in [0.2, 0.25) is 76.8 Å². The Morgan fingerprint density at radius 2 is 1.30 bits per heavy atom. The molecular weight excluding hydrogens is 1370 g/mol. The first-order valence-electron chi connectivity index (χ1n) is 37.8. The minimum absolute atomic E-state index is 0.000637. The number of hydrogen-bond donors (Lipinski definition) is 3. The van der Waals surface area contributed by atoms with E-state index in [1.165, 1.54) is 83.1 Å². The van der Waals surface area contributed by atoms with E-state index in [4.69, 9.17) is 4.74 Å². The molecule has 12 amide bonds. The largest absolute Gasteiger partial charge is 0.394 e. The van der Waals surface area contributed by atoms with Crippen molar-refractivity contribution >= 4 is 70.9 Å². The van der Waals surface area contributed by atoms with E-state index in [1.807, 2.05) is 34.6 Å². The van der Waals surface area contributed by atoms with Crippen LogP contribution in [-0.4, -0.2) is 277 Å². The Morgan fingerprint density at radius 1 is 0.676 bits per heavy atom. The number of rotatable bonds is 13. The molecule has 3 heterocycles. The number of nitrogens with one attached hydrogen (secondary N) is 3. The number of halogens is 5. The van der Waals surface area contributed by atoms with Crippen LogP contribution < -0.4 is 16.0 Å². The standard InChI is InChI=1S/C75H121F5N12O13/c1-19-46(7)60-69(102)86(13)41-59(95)87(14)52-25-23-22-24-34-91(68(52)101)55(36-48-30-32-74(76,77)33-31-48)67(100)85(12)40-57(93)81-51(29-27-47-26-28-50(75(78,79)80)56(37-47)105-18)65(98)92-39-45(6)35-53(92)63(96)83-73(42-72(8,9)43-73)71(104)90(17)62(49(20-2)21-3)70(103)88(15)54(66(99)84(10)11)38-58(94)89(16)61(44(4)5)64(97)82-60/h22-23,44-56,60-62H,19-21,24-43H2,1-18H3,(H,81,93)(H,82,97)(H,83,96)/b23-22-/t45-,46-,47?,50?,51-,52-,53-,54-,55-,56?,60-,61-,62-/m0/s1. The monoisotopic (exact) mass is 1490 g/mol.